The summed E-state index contributed by atoms with van der Waals surface area (Å²) >= 11 is 5.89. The molecule has 0 saturated carbocycles. The molecule has 3 rings (SSSR count). The molecule has 15 heteroatoms. The minimum absolute atomic E-state index is 0.108. The number of nitrogen functional groups attached to an aromatic ring is 1. The fourth-order valence-electron chi connectivity index (χ4n) is 3.22. The number of rotatable bonds is 10. The maximum atomic E-state index is 15.2. The second-order valence-electron chi connectivity index (χ2n) is 8.22. The summed E-state index contributed by atoms with van der Waals surface area (Å²) < 4.78 is 51.0. The van der Waals surface area contributed by atoms with E-state index in [2.05, 4.69) is 10.1 Å². The summed E-state index contributed by atoms with van der Waals surface area (Å²) in [7, 11) is -4.33. The van der Waals surface area contributed by atoms with Crippen LogP contribution in [0.2, 0.25) is 0 Å². The molecule has 1 fully saturated rings. The van der Waals surface area contributed by atoms with E-state index in [0.29, 0.717) is 0 Å². The van der Waals surface area contributed by atoms with Gasteiger partial charge >= 0.3 is 19.4 Å². The van der Waals surface area contributed by atoms with E-state index in [9.17, 15) is 19.3 Å². The molecular formula is C21H27ClFN4O8P. The predicted octanol–water partition coefficient (Wildman–Crippen LogP) is 2.12. The first-order valence-electron chi connectivity index (χ1n) is 10.9. The molecule has 0 amide bonds. The van der Waals surface area contributed by atoms with Gasteiger partial charge < -0.3 is 24.8 Å². The fraction of sp³-hybridized carbons (Fsp3) is 0.476. The van der Waals surface area contributed by atoms with E-state index in [1.54, 1.807) is 32.0 Å². The summed E-state index contributed by atoms with van der Waals surface area (Å²) in [6, 6.07) is 8.03. The molecule has 36 heavy (non-hydrogen) atoms. The van der Waals surface area contributed by atoms with Crippen molar-refractivity contribution >= 4 is 31.1 Å². The Morgan fingerprint density at radius 3 is 2.64 bits per heavy atom. The molecule has 1 aromatic carbocycles. The highest BCUT2D eigenvalue weighted by Crippen LogP contribution is 2.48. The molecule has 2 heterocycles. The first-order chi connectivity index (χ1) is 16.8. The Morgan fingerprint density at radius 2 is 2.03 bits per heavy atom. The van der Waals surface area contributed by atoms with Crippen LogP contribution >= 0.6 is 19.3 Å². The number of aromatic nitrogens is 2. The van der Waals surface area contributed by atoms with Crippen LogP contribution in [0, 0.1) is 0 Å². The Bertz CT molecular complexity index is 1170. The number of alkyl halides is 2. The number of nitrogens with two attached hydrogens (primary N) is 1. The lowest BCUT2D eigenvalue weighted by molar-refractivity contribution is -0.149. The normalized spacial score (nSPS) is 26.4. The molecule has 1 aromatic heterocycles. The number of carbonyl (C=O) groups excluding carboxylic acids is 1. The van der Waals surface area contributed by atoms with E-state index < -0.39 is 61.7 Å². The van der Waals surface area contributed by atoms with E-state index in [4.69, 9.17) is 35.9 Å². The second-order valence-corrected chi connectivity index (χ2v) is 10.5. The van der Waals surface area contributed by atoms with E-state index in [1.165, 1.54) is 25.1 Å². The lowest BCUT2D eigenvalue weighted by atomic mass is 10.1. The summed E-state index contributed by atoms with van der Waals surface area (Å²) in [5, 5.41) is 9.94. The van der Waals surface area contributed by atoms with Crippen molar-refractivity contribution in [1.82, 2.24) is 14.6 Å². The van der Waals surface area contributed by atoms with E-state index in [1.807, 2.05) is 0 Å². The largest absolute Gasteiger partial charge is 0.462 e. The van der Waals surface area contributed by atoms with Crippen LogP contribution in [0.3, 0.4) is 0 Å². The van der Waals surface area contributed by atoms with Crippen LogP contribution in [-0.4, -0.2) is 56.7 Å². The summed E-state index contributed by atoms with van der Waals surface area (Å²) in [6.07, 6.45) is -4.62. The van der Waals surface area contributed by atoms with Gasteiger partial charge in [0.25, 0.3) is 5.13 Å². The molecule has 6 atom stereocenters. The van der Waals surface area contributed by atoms with Crippen LogP contribution in [0.1, 0.15) is 27.0 Å². The van der Waals surface area contributed by atoms with Crippen LogP contribution in [0.15, 0.2) is 47.4 Å². The molecule has 12 nitrogen and oxygen atoms in total. The van der Waals surface area contributed by atoms with Gasteiger partial charge in [0.05, 0.1) is 12.7 Å². The standard InChI is InChI=1S/C21H27ClFN4O8P/c1-12(2)33-18(29)13(3)26-36(31,35-14-7-5-4-6-8-14)32-11-15-17(28)21(22,23)19(34-15)27-10-9-16(24)25-20(27)30/h4-10,12-13,15,17,19,28H,11H2,1-3H3,(H,26,31)(H2,24,25,30)/t13-,15+,17+,19+,21-,36?/m0/s1. The van der Waals surface area contributed by atoms with Crippen LogP contribution in [-0.2, 0) is 23.4 Å². The highest BCUT2D eigenvalue weighted by atomic mass is 35.5. The smallest absolute Gasteiger partial charge is 0.459 e. The van der Waals surface area contributed by atoms with E-state index in [0.717, 1.165) is 10.8 Å². The fourth-order valence-corrected chi connectivity index (χ4v) is 5.02. The maximum absolute atomic E-state index is 15.2. The molecular weight excluding hydrogens is 522 g/mol. The number of anilines is 1. The van der Waals surface area contributed by atoms with Crippen molar-refractivity contribution < 1.29 is 37.4 Å². The predicted molar refractivity (Wildman–Crippen MR) is 127 cm³/mol. The first-order valence-corrected chi connectivity index (χ1v) is 12.8. The zero-order valence-electron chi connectivity index (χ0n) is 19.6. The molecule has 0 aliphatic carbocycles. The Labute approximate surface area is 211 Å². The van der Waals surface area contributed by atoms with Gasteiger partial charge in [-0.25, -0.2) is 13.8 Å². The number of nitrogens with zero attached hydrogens (tertiary/aromatic N) is 2. The summed E-state index contributed by atoms with van der Waals surface area (Å²) in [6.45, 7) is 3.98. The molecule has 198 valence electrons. The summed E-state index contributed by atoms with van der Waals surface area (Å²) in [4.78, 5) is 27.9. The molecule has 0 radical (unpaired) electrons. The van der Waals surface area contributed by atoms with Crippen LogP contribution in [0.4, 0.5) is 10.2 Å². The van der Waals surface area contributed by atoms with Gasteiger partial charge in [0.2, 0.25) is 0 Å². The monoisotopic (exact) mass is 548 g/mol. The second kappa shape index (κ2) is 11.2. The number of hydrogen-bond donors (Lipinski definition) is 3. The molecule has 1 unspecified atom stereocenters. The molecule has 1 aliphatic heterocycles. The average Bonchev–Trinajstić information content (AvgIpc) is 3.01. The number of esters is 1. The Morgan fingerprint density at radius 1 is 1.36 bits per heavy atom. The first kappa shape index (κ1) is 28.0. The number of ether oxygens (including phenoxy) is 2. The van der Waals surface area contributed by atoms with Crippen LogP contribution in [0.5, 0.6) is 5.75 Å². The maximum Gasteiger partial charge on any atom is 0.459 e. The minimum atomic E-state index is -4.33. The van der Waals surface area contributed by atoms with Crippen molar-refractivity contribution in [2.75, 3.05) is 12.3 Å². The van der Waals surface area contributed by atoms with Gasteiger partial charge in [-0.05, 0) is 39.0 Å². The van der Waals surface area contributed by atoms with E-state index in [-0.39, 0.29) is 11.6 Å². The van der Waals surface area contributed by atoms with Crippen molar-refractivity contribution in [3.8, 4) is 5.75 Å². The topological polar surface area (TPSA) is 164 Å². The number of aliphatic hydroxyl groups excluding tert-OH is 1. The third-order valence-electron chi connectivity index (χ3n) is 4.92. The summed E-state index contributed by atoms with van der Waals surface area (Å²) in [5.74, 6) is -0.689. The number of hydrogen-bond acceptors (Lipinski definition) is 10. The van der Waals surface area contributed by atoms with Crippen LogP contribution < -0.4 is 21.0 Å². The van der Waals surface area contributed by atoms with Crippen molar-refractivity contribution in [2.45, 2.75) is 56.5 Å². The zero-order valence-corrected chi connectivity index (χ0v) is 21.3. The Hall–Kier alpha value is -2.54. The molecule has 2 aromatic rings. The van der Waals surface area contributed by atoms with Gasteiger partial charge in [-0.15, -0.1) is 0 Å². The summed E-state index contributed by atoms with van der Waals surface area (Å²) in [5.41, 5.74) is 4.48. The van der Waals surface area contributed by atoms with E-state index >= 15 is 4.39 Å². The highest BCUT2D eigenvalue weighted by Gasteiger charge is 2.58. The Kier molecular flexibility index (Phi) is 8.75. The number of aliphatic hydroxyl groups is 1. The van der Waals surface area contributed by atoms with Gasteiger partial charge in [-0.2, -0.15) is 10.1 Å². The number of nitrogens with one attached hydrogen (secondary N) is 1. The van der Waals surface area contributed by atoms with Crippen molar-refractivity contribution in [3.05, 3.63) is 53.1 Å². The average molecular weight is 549 g/mol. The molecule has 1 aliphatic rings. The van der Waals surface area contributed by atoms with Crippen molar-refractivity contribution in [1.29, 1.82) is 0 Å². The third kappa shape index (κ3) is 6.61. The SMILES string of the molecule is CC(C)OC(=O)[C@H](C)NP(=O)(OC[C@H]1O[C@@H](n2ccc(N)nc2=O)[C@](F)(Cl)[C@@H]1O)Oc1ccccc1. The molecule has 0 bridgehead atoms. The number of benzene rings is 1. The van der Waals surface area contributed by atoms with Crippen molar-refractivity contribution in [2.24, 2.45) is 0 Å². The van der Waals surface area contributed by atoms with Gasteiger partial charge in [-0.1, -0.05) is 29.8 Å². The van der Waals surface area contributed by atoms with Crippen molar-refractivity contribution in [3.63, 3.8) is 0 Å². The molecule has 4 N–H and O–H groups in total. The minimum Gasteiger partial charge on any atom is -0.462 e. The molecule has 1 saturated heterocycles. The third-order valence-corrected chi connectivity index (χ3v) is 6.97. The Balaban J connectivity index is 1.79. The van der Waals surface area contributed by atoms with Gasteiger partial charge in [0, 0.05) is 6.20 Å². The number of halogens is 2. The van der Waals surface area contributed by atoms with Gasteiger partial charge in [-0.3, -0.25) is 13.9 Å². The van der Waals surface area contributed by atoms with Gasteiger partial charge in [0.1, 0.15) is 29.8 Å². The van der Waals surface area contributed by atoms with Gasteiger partial charge in [0.15, 0.2) is 6.23 Å². The zero-order chi connectivity index (χ0) is 26.7. The number of carbonyl (C=O) groups is 1. The molecule has 0 spiro atoms. The van der Waals surface area contributed by atoms with Crippen LogP contribution in [0.25, 0.3) is 0 Å². The number of para-hydroxylation sites is 1. The lowest BCUT2D eigenvalue weighted by Crippen LogP contribution is -2.41. The highest BCUT2D eigenvalue weighted by molar-refractivity contribution is 7.52. The quantitative estimate of drug-likeness (QED) is 0.226. The lowest BCUT2D eigenvalue weighted by Gasteiger charge is -2.25.